The Morgan fingerprint density at radius 2 is 1.80 bits per heavy atom. The first-order valence-electron chi connectivity index (χ1n) is 9.19. The fourth-order valence-corrected chi connectivity index (χ4v) is 2.79. The number of ether oxygens (including phenoxy) is 3. The summed E-state index contributed by atoms with van der Waals surface area (Å²) in [6.45, 7) is 0.252. The molecule has 3 rings (SSSR count). The van der Waals surface area contributed by atoms with E-state index in [-0.39, 0.29) is 12.5 Å². The summed E-state index contributed by atoms with van der Waals surface area (Å²) in [6, 6.07) is 22.4. The molecule has 0 spiro atoms. The molecule has 0 aliphatic heterocycles. The van der Waals surface area contributed by atoms with Crippen LogP contribution in [0.5, 0.6) is 17.2 Å². The second-order valence-corrected chi connectivity index (χ2v) is 7.13. The van der Waals surface area contributed by atoms with Crippen LogP contribution in [-0.2, 0) is 11.4 Å². The molecule has 0 heterocycles. The Morgan fingerprint density at radius 3 is 2.60 bits per heavy atom. The highest BCUT2D eigenvalue weighted by Gasteiger charge is 2.04. The maximum Gasteiger partial charge on any atom is 0.277 e. The zero-order chi connectivity index (χ0) is 21.2. The number of rotatable bonds is 9. The average Bonchev–Trinajstić information content (AvgIpc) is 2.78. The lowest BCUT2D eigenvalue weighted by atomic mass is 10.2. The van der Waals surface area contributed by atoms with Gasteiger partial charge in [-0.1, -0.05) is 40.2 Å². The number of hydrogen-bond acceptors (Lipinski definition) is 5. The van der Waals surface area contributed by atoms with Gasteiger partial charge in [0.15, 0.2) is 6.61 Å². The normalized spacial score (nSPS) is 10.6. The molecule has 0 bridgehead atoms. The quantitative estimate of drug-likeness (QED) is 0.369. The smallest absolute Gasteiger partial charge is 0.277 e. The molecule has 0 aliphatic rings. The van der Waals surface area contributed by atoms with E-state index in [9.17, 15) is 4.79 Å². The standard InChI is InChI=1S/C23H21BrN2O4/c1-28-21-7-4-5-17(13-21)15-30-22-8-3-2-6-18(22)14-25-26-23(27)16-29-20-11-9-19(24)10-12-20/h2-14H,15-16H2,1H3,(H,26,27)/b25-14+. The van der Waals surface area contributed by atoms with E-state index >= 15 is 0 Å². The molecule has 3 aromatic rings. The van der Waals surface area contributed by atoms with Gasteiger partial charge in [0, 0.05) is 10.0 Å². The van der Waals surface area contributed by atoms with Gasteiger partial charge in [0.2, 0.25) is 0 Å². The van der Waals surface area contributed by atoms with Gasteiger partial charge in [-0.25, -0.2) is 5.43 Å². The van der Waals surface area contributed by atoms with E-state index in [4.69, 9.17) is 14.2 Å². The summed E-state index contributed by atoms with van der Waals surface area (Å²) in [7, 11) is 1.63. The molecule has 6 nitrogen and oxygen atoms in total. The van der Waals surface area contributed by atoms with E-state index in [1.54, 1.807) is 25.5 Å². The van der Waals surface area contributed by atoms with Crippen molar-refractivity contribution in [1.29, 1.82) is 0 Å². The van der Waals surface area contributed by atoms with Crippen molar-refractivity contribution in [2.75, 3.05) is 13.7 Å². The maximum absolute atomic E-state index is 11.9. The molecule has 154 valence electrons. The summed E-state index contributed by atoms with van der Waals surface area (Å²) >= 11 is 3.35. The molecule has 0 atom stereocenters. The van der Waals surface area contributed by atoms with Crippen LogP contribution >= 0.6 is 15.9 Å². The molecule has 0 fully saturated rings. The molecule has 1 amide bonds. The van der Waals surface area contributed by atoms with Crippen LogP contribution in [0.3, 0.4) is 0 Å². The number of methoxy groups -OCH3 is 1. The van der Waals surface area contributed by atoms with Gasteiger partial charge in [-0.3, -0.25) is 4.79 Å². The van der Waals surface area contributed by atoms with Gasteiger partial charge in [-0.2, -0.15) is 5.10 Å². The third-order valence-corrected chi connectivity index (χ3v) is 4.55. The number of nitrogens with one attached hydrogen (secondary N) is 1. The molecule has 0 saturated carbocycles. The fraction of sp³-hybridized carbons (Fsp3) is 0.130. The highest BCUT2D eigenvalue weighted by molar-refractivity contribution is 9.10. The molecule has 0 saturated heterocycles. The number of carbonyl (C=O) groups is 1. The lowest BCUT2D eigenvalue weighted by Crippen LogP contribution is -2.24. The Kier molecular flexibility index (Phi) is 7.86. The number of amides is 1. The zero-order valence-electron chi connectivity index (χ0n) is 16.4. The molecule has 1 N–H and O–H groups in total. The summed E-state index contributed by atoms with van der Waals surface area (Å²) in [5, 5.41) is 4.00. The molecule has 7 heteroatoms. The Morgan fingerprint density at radius 1 is 1.00 bits per heavy atom. The fourth-order valence-electron chi connectivity index (χ4n) is 2.53. The Bertz CT molecular complexity index is 1010. The van der Waals surface area contributed by atoms with Crippen LogP contribution in [0.2, 0.25) is 0 Å². The predicted molar refractivity (Wildman–Crippen MR) is 119 cm³/mol. The van der Waals surface area contributed by atoms with Crippen molar-refractivity contribution in [3.05, 3.63) is 88.4 Å². The van der Waals surface area contributed by atoms with Gasteiger partial charge in [-0.15, -0.1) is 0 Å². The van der Waals surface area contributed by atoms with Crippen molar-refractivity contribution in [2.24, 2.45) is 5.10 Å². The van der Waals surface area contributed by atoms with Crippen molar-refractivity contribution in [3.63, 3.8) is 0 Å². The molecule has 0 unspecified atom stereocenters. The van der Waals surface area contributed by atoms with Crippen LogP contribution < -0.4 is 19.6 Å². The van der Waals surface area contributed by atoms with Gasteiger partial charge >= 0.3 is 0 Å². The van der Waals surface area contributed by atoms with Crippen LogP contribution in [0.1, 0.15) is 11.1 Å². The predicted octanol–water partition coefficient (Wildman–Crippen LogP) is 4.57. The van der Waals surface area contributed by atoms with E-state index in [1.807, 2.05) is 60.7 Å². The van der Waals surface area contributed by atoms with E-state index in [2.05, 4.69) is 26.5 Å². The number of carbonyl (C=O) groups excluding carboxylic acids is 1. The number of para-hydroxylation sites is 1. The highest BCUT2D eigenvalue weighted by atomic mass is 79.9. The van der Waals surface area contributed by atoms with Gasteiger partial charge in [-0.05, 0) is 54.1 Å². The van der Waals surface area contributed by atoms with Gasteiger partial charge in [0.05, 0.1) is 13.3 Å². The average molecular weight is 469 g/mol. The minimum absolute atomic E-state index is 0.132. The summed E-state index contributed by atoms with van der Waals surface area (Å²) in [6.07, 6.45) is 1.54. The molecule has 0 aliphatic carbocycles. The summed E-state index contributed by atoms with van der Waals surface area (Å²) < 4.78 is 17.5. The molecular weight excluding hydrogens is 448 g/mol. The van der Waals surface area contributed by atoms with E-state index < -0.39 is 0 Å². The third-order valence-electron chi connectivity index (χ3n) is 4.02. The van der Waals surface area contributed by atoms with Gasteiger partial charge in [0.1, 0.15) is 23.9 Å². The summed E-state index contributed by atoms with van der Waals surface area (Å²) in [5.74, 6) is 1.68. The Balaban J connectivity index is 1.52. The number of hydrazone groups is 1. The number of hydrogen-bond donors (Lipinski definition) is 1. The SMILES string of the molecule is COc1cccc(COc2ccccc2/C=N/NC(=O)COc2ccc(Br)cc2)c1. The van der Waals surface area contributed by atoms with Crippen molar-refractivity contribution < 1.29 is 19.0 Å². The third kappa shape index (κ3) is 6.63. The van der Waals surface area contributed by atoms with Crippen LogP contribution in [0.15, 0.2) is 82.4 Å². The first-order valence-corrected chi connectivity index (χ1v) is 9.98. The summed E-state index contributed by atoms with van der Waals surface area (Å²) in [4.78, 5) is 11.9. The molecule has 30 heavy (non-hydrogen) atoms. The first kappa shape index (κ1) is 21.4. The van der Waals surface area contributed by atoms with Gasteiger partial charge in [0.25, 0.3) is 5.91 Å². The maximum atomic E-state index is 11.9. The second kappa shape index (κ2) is 11.0. The summed E-state index contributed by atoms with van der Waals surface area (Å²) in [5.41, 5.74) is 4.18. The van der Waals surface area contributed by atoms with Crippen molar-refractivity contribution in [2.45, 2.75) is 6.61 Å². The monoisotopic (exact) mass is 468 g/mol. The van der Waals surface area contributed by atoms with Crippen molar-refractivity contribution in [3.8, 4) is 17.2 Å². The van der Waals surface area contributed by atoms with E-state index in [1.165, 1.54) is 0 Å². The largest absolute Gasteiger partial charge is 0.497 e. The van der Waals surface area contributed by atoms with Crippen molar-refractivity contribution in [1.82, 2.24) is 5.43 Å². The minimum atomic E-state index is -0.357. The van der Waals surface area contributed by atoms with Crippen LogP contribution in [-0.4, -0.2) is 25.8 Å². The molecule has 0 aromatic heterocycles. The van der Waals surface area contributed by atoms with Crippen LogP contribution in [0.4, 0.5) is 0 Å². The van der Waals surface area contributed by atoms with Crippen LogP contribution in [0, 0.1) is 0 Å². The number of nitrogens with zero attached hydrogens (tertiary/aromatic N) is 1. The topological polar surface area (TPSA) is 69.2 Å². The van der Waals surface area contributed by atoms with E-state index in [0.29, 0.717) is 18.1 Å². The second-order valence-electron chi connectivity index (χ2n) is 6.21. The Labute approximate surface area is 183 Å². The lowest BCUT2D eigenvalue weighted by molar-refractivity contribution is -0.123. The highest BCUT2D eigenvalue weighted by Crippen LogP contribution is 2.19. The van der Waals surface area contributed by atoms with Crippen molar-refractivity contribution >= 4 is 28.1 Å². The van der Waals surface area contributed by atoms with Gasteiger partial charge < -0.3 is 14.2 Å². The number of halogens is 1. The molecule has 0 radical (unpaired) electrons. The zero-order valence-corrected chi connectivity index (χ0v) is 18.0. The lowest BCUT2D eigenvalue weighted by Gasteiger charge is -2.10. The minimum Gasteiger partial charge on any atom is -0.497 e. The van der Waals surface area contributed by atoms with E-state index in [0.717, 1.165) is 21.3 Å². The Hall–Kier alpha value is -3.32. The molecular formula is C23H21BrN2O4. The number of benzene rings is 3. The first-order chi connectivity index (χ1) is 14.6. The van der Waals surface area contributed by atoms with Crippen LogP contribution in [0.25, 0.3) is 0 Å². The molecule has 3 aromatic carbocycles.